The molecule has 5 heteroatoms. The minimum atomic E-state index is -0.128. The van der Waals surface area contributed by atoms with E-state index in [1.54, 1.807) is 18.4 Å². The van der Waals surface area contributed by atoms with E-state index in [4.69, 9.17) is 4.74 Å². The maximum atomic E-state index is 13.4. The molecule has 29 heavy (non-hydrogen) atoms. The number of hydrogen-bond acceptors (Lipinski definition) is 5. The monoisotopic (exact) mass is 402 g/mol. The van der Waals surface area contributed by atoms with E-state index in [1.165, 1.54) is 5.56 Å². The van der Waals surface area contributed by atoms with Gasteiger partial charge in [0.25, 0.3) is 0 Å². The van der Waals surface area contributed by atoms with E-state index < -0.39 is 0 Å². The summed E-state index contributed by atoms with van der Waals surface area (Å²) >= 11 is 1.66. The lowest BCUT2D eigenvalue weighted by Gasteiger charge is -2.29. The highest BCUT2D eigenvalue weighted by Crippen LogP contribution is 2.44. The Balaban J connectivity index is 1.56. The first-order chi connectivity index (χ1) is 14.2. The number of benzene rings is 2. The summed E-state index contributed by atoms with van der Waals surface area (Å²) < 4.78 is 5.28. The largest absolute Gasteiger partial charge is 0.497 e. The van der Waals surface area contributed by atoms with Gasteiger partial charge in [0.2, 0.25) is 0 Å². The summed E-state index contributed by atoms with van der Waals surface area (Å²) in [4.78, 5) is 13.4. The quantitative estimate of drug-likeness (QED) is 0.587. The van der Waals surface area contributed by atoms with E-state index in [1.807, 2.05) is 24.3 Å². The molecular weight excluding hydrogens is 380 g/mol. The maximum Gasteiger partial charge on any atom is 0.163 e. The predicted molar refractivity (Wildman–Crippen MR) is 118 cm³/mol. The number of ether oxygens (including phenoxy) is 1. The molecule has 0 fully saturated rings. The third-order valence-electron chi connectivity index (χ3n) is 5.77. The molecular formula is C24H22N2O2S. The number of methoxy groups -OCH3 is 1. The van der Waals surface area contributed by atoms with Gasteiger partial charge in [-0.2, -0.15) is 11.3 Å². The van der Waals surface area contributed by atoms with Crippen LogP contribution in [0, 0.1) is 0 Å². The zero-order valence-electron chi connectivity index (χ0n) is 16.1. The fourth-order valence-electron chi connectivity index (χ4n) is 4.29. The maximum absolute atomic E-state index is 13.4. The fourth-order valence-corrected chi connectivity index (χ4v) is 4.98. The van der Waals surface area contributed by atoms with Crippen molar-refractivity contribution in [1.82, 2.24) is 0 Å². The molecule has 0 amide bonds. The number of allylic oxidation sites excluding steroid dienone is 1. The minimum Gasteiger partial charge on any atom is -0.497 e. The number of rotatable bonds is 3. The first kappa shape index (κ1) is 18.0. The second-order valence-corrected chi connectivity index (χ2v) is 8.28. The smallest absolute Gasteiger partial charge is 0.163 e. The highest BCUT2D eigenvalue weighted by atomic mass is 32.1. The van der Waals surface area contributed by atoms with E-state index >= 15 is 0 Å². The molecule has 0 saturated carbocycles. The molecule has 5 rings (SSSR count). The summed E-state index contributed by atoms with van der Waals surface area (Å²) in [5, 5.41) is 11.4. The number of carbonyl (C=O) groups excluding carboxylic acids is 1. The van der Waals surface area contributed by atoms with Crippen molar-refractivity contribution in [2.45, 2.75) is 24.8 Å². The van der Waals surface area contributed by atoms with Crippen LogP contribution < -0.4 is 15.4 Å². The Morgan fingerprint density at radius 2 is 1.76 bits per heavy atom. The highest BCUT2D eigenvalue weighted by molar-refractivity contribution is 7.08. The normalized spacial score (nSPS) is 20.8. The van der Waals surface area contributed by atoms with Crippen molar-refractivity contribution in [2.24, 2.45) is 0 Å². The number of para-hydroxylation sites is 2. The van der Waals surface area contributed by atoms with Crippen LogP contribution in [0.15, 0.2) is 76.6 Å². The topological polar surface area (TPSA) is 50.4 Å². The second kappa shape index (κ2) is 7.41. The Hall–Kier alpha value is -3.05. The minimum absolute atomic E-state index is 0.128. The number of nitrogens with one attached hydrogen (secondary N) is 2. The summed E-state index contributed by atoms with van der Waals surface area (Å²) in [6.07, 6.45) is 1.33. The van der Waals surface area contributed by atoms with Gasteiger partial charge in [0.05, 0.1) is 24.5 Å². The molecule has 0 radical (unpaired) electrons. The lowest BCUT2D eigenvalue weighted by atomic mass is 9.79. The number of hydrogen-bond donors (Lipinski definition) is 2. The van der Waals surface area contributed by atoms with Crippen LogP contribution in [0.1, 0.15) is 35.9 Å². The van der Waals surface area contributed by atoms with Crippen LogP contribution in [-0.2, 0) is 4.79 Å². The van der Waals surface area contributed by atoms with E-state index in [-0.39, 0.29) is 17.7 Å². The van der Waals surface area contributed by atoms with Crippen molar-refractivity contribution in [3.63, 3.8) is 0 Å². The van der Waals surface area contributed by atoms with Crippen molar-refractivity contribution in [2.75, 3.05) is 17.7 Å². The molecule has 2 N–H and O–H groups in total. The molecule has 4 nitrogen and oxygen atoms in total. The number of ketones is 1. The third-order valence-corrected chi connectivity index (χ3v) is 6.47. The average molecular weight is 403 g/mol. The average Bonchev–Trinajstić information content (AvgIpc) is 3.22. The van der Waals surface area contributed by atoms with Gasteiger partial charge in [-0.25, -0.2) is 0 Å². The number of carbonyl (C=O) groups is 1. The molecule has 2 unspecified atom stereocenters. The van der Waals surface area contributed by atoms with Crippen LogP contribution in [0.3, 0.4) is 0 Å². The number of Topliss-reactive ketones (excluding diaryl/α,β-unsaturated/α-hetero) is 1. The van der Waals surface area contributed by atoms with E-state index in [0.29, 0.717) is 6.42 Å². The molecule has 2 atom stereocenters. The first-order valence-corrected chi connectivity index (χ1v) is 10.7. The Kier molecular flexibility index (Phi) is 4.60. The molecule has 1 aliphatic carbocycles. The van der Waals surface area contributed by atoms with Crippen LogP contribution in [0.5, 0.6) is 5.75 Å². The zero-order chi connectivity index (χ0) is 19.8. The Morgan fingerprint density at radius 3 is 2.48 bits per heavy atom. The molecule has 1 aromatic heterocycles. The summed E-state index contributed by atoms with van der Waals surface area (Å²) in [6, 6.07) is 18.2. The van der Waals surface area contributed by atoms with Crippen LogP contribution in [0.2, 0.25) is 0 Å². The molecule has 2 aliphatic rings. The van der Waals surface area contributed by atoms with Crippen LogP contribution in [0.25, 0.3) is 0 Å². The molecule has 0 saturated heterocycles. The molecule has 146 valence electrons. The Labute approximate surface area is 174 Å². The van der Waals surface area contributed by atoms with Crippen LogP contribution in [0.4, 0.5) is 11.4 Å². The van der Waals surface area contributed by atoms with Crippen molar-refractivity contribution in [3.05, 3.63) is 87.8 Å². The molecule has 3 aromatic rings. The first-order valence-electron chi connectivity index (χ1n) is 9.78. The molecule has 2 heterocycles. The lowest BCUT2D eigenvalue weighted by Crippen LogP contribution is -2.26. The Morgan fingerprint density at radius 1 is 0.966 bits per heavy atom. The molecule has 2 aromatic carbocycles. The van der Waals surface area contributed by atoms with Crippen LogP contribution >= 0.6 is 11.3 Å². The highest BCUT2D eigenvalue weighted by Gasteiger charge is 2.36. The molecule has 0 spiro atoms. The summed E-state index contributed by atoms with van der Waals surface area (Å²) in [6.45, 7) is 0. The third kappa shape index (κ3) is 3.32. The van der Waals surface area contributed by atoms with Gasteiger partial charge >= 0.3 is 0 Å². The SMILES string of the molecule is COc1ccc(C2CC(=O)C3=C(C2)Nc2ccccc2NC3c2ccsc2)cc1. The fraction of sp³-hybridized carbons (Fsp3) is 0.208. The van der Waals surface area contributed by atoms with Crippen LogP contribution in [-0.4, -0.2) is 12.9 Å². The standard InChI is InChI=1S/C24H22N2O2S/c1-28-18-8-6-15(7-9-18)17-12-21-23(22(27)13-17)24(16-10-11-29-14-16)26-20-5-3-2-4-19(20)25-21/h2-11,14,17,24-26H,12-13H2,1H3. The van der Waals surface area contributed by atoms with Crippen molar-refractivity contribution in [1.29, 1.82) is 0 Å². The molecule has 0 bridgehead atoms. The van der Waals surface area contributed by atoms with Gasteiger partial charge < -0.3 is 15.4 Å². The van der Waals surface area contributed by atoms with E-state index in [9.17, 15) is 4.79 Å². The summed E-state index contributed by atoms with van der Waals surface area (Å²) in [5.74, 6) is 1.20. The van der Waals surface area contributed by atoms with Gasteiger partial charge in [-0.05, 0) is 64.6 Å². The van der Waals surface area contributed by atoms with Crippen molar-refractivity contribution >= 4 is 28.5 Å². The lowest BCUT2D eigenvalue weighted by molar-refractivity contribution is -0.116. The number of fused-ring (bicyclic) bond motifs is 1. The number of anilines is 2. The van der Waals surface area contributed by atoms with Crippen molar-refractivity contribution < 1.29 is 9.53 Å². The summed E-state index contributed by atoms with van der Waals surface area (Å²) in [7, 11) is 1.67. The van der Waals surface area contributed by atoms with Crippen molar-refractivity contribution in [3.8, 4) is 5.75 Å². The van der Waals surface area contributed by atoms with Gasteiger partial charge in [0.15, 0.2) is 5.78 Å². The van der Waals surface area contributed by atoms with Gasteiger partial charge in [0, 0.05) is 17.7 Å². The van der Waals surface area contributed by atoms with E-state index in [2.05, 4.69) is 51.7 Å². The van der Waals surface area contributed by atoms with Gasteiger partial charge in [-0.15, -0.1) is 0 Å². The van der Waals surface area contributed by atoms with Gasteiger partial charge in [-0.1, -0.05) is 24.3 Å². The van der Waals surface area contributed by atoms with Gasteiger partial charge in [-0.3, -0.25) is 4.79 Å². The number of thiophene rings is 1. The molecule has 1 aliphatic heterocycles. The van der Waals surface area contributed by atoms with E-state index in [0.717, 1.165) is 40.4 Å². The van der Waals surface area contributed by atoms with Gasteiger partial charge in [0.1, 0.15) is 5.75 Å². The predicted octanol–water partition coefficient (Wildman–Crippen LogP) is 5.74. The zero-order valence-corrected chi connectivity index (χ0v) is 17.0. The Bertz CT molecular complexity index is 1070. The second-order valence-electron chi connectivity index (χ2n) is 7.50. The summed E-state index contributed by atoms with van der Waals surface area (Å²) in [5.41, 5.74) is 6.23.